The number of esters is 1. The van der Waals surface area contributed by atoms with Gasteiger partial charge in [-0.3, -0.25) is 4.79 Å². The number of hydrogen-bond acceptors (Lipinski definition) is 5. The van der Waals surface area contributed by atoms with Crippen LogP contribution in [0.25, 0.3) is 10.9 Å². The number of carbonyl (C=O) groups excluding carboxylic acids is 2. The smallest absolute Gasteiger partial charge is 0.342 e. The van der Waals surface area contributed by atoms with Gasteiger partial charge in [-0.05, 0) is 42.5 Å². The predicted octanol–water partition coefficient (Wildman–Crippen LogP) is 3.58. The van der Waals surface area contributed by atoms with E-state index in [4.69, 9.17) is 9.72 Å². The van der Waals surface area contributed by atoms with Gasteiger partial charge in [0.25, 0.3) is 5.91 Å². The van der Waals surface area contributed by atoms with Gasteiger partial charge in [0.2, 0.25) is 0 Å². The molecule has 0 saturated carbocycles. The topological polar surface area (TPSA) is 62.7 Å². The van der Waals surface area contributed by atoms with Crippen molar-refractivity contribution < 1.29 is 14.3 Å². The molecule has 1 amide bonds. The molecule has 0 atom stereocenters. The highest BCUT2D eigenvalue weighted by atomic mass is 16.5. The molecule has 0 aliphatic carbocycles. The number of hydrogen-bond donors (Lipinski definition) is 0. The lowest BCUT2D eigenvalue weighted by Crippen LogP contribution is -2.38. The number of benzene rings is 2. The van der Waals surface area contributed by atoms with Crippen molar-refractivity contribution in [2.45, 2.75) is 25.8 Å². The molecule has 5 rings (SSSR count). The molecular formula is C25H25N3O3. The van der Waals surface area contributed by atoms with Crippen molar-refractivity contribution >= 4 is 28.6 Å². The van der Waals surface area contributed by atoms with Crippen LogP contribution in [-0.2, 0) is 22.5 Å². The highest BCUT2D eigenvalue weighted by Gasteiger charge is 2.25. The number of fused-ring (bicyclic) bond motifs is 2. The molecular weight excluding hydrogens is 390 g/mol. The minimum Gasteiger partial charge on any atom is -0.452 e. The highest BCUT2D eigenvalue weighted by Crippen LogP contribution is 2.27. The fraction of sp³-hybridized carbons (Fsp3) is 0.320. The summed E-state index contributed by atoms with van der Waals surface area (Å²) >= 11 is 0. The summed E-state index contributed by atoms with van der Waals surface area (Å²) in [6, 6.07) is 17.7. The van der Waals surface area contributed by atoms with Gasteiger partial charge in [0.05, 0.1) is 5.52 Å². The van der Waals surface area contributed by atoms with Crippen molar-refractivity contribution in [2.24, 2.45) is 0 Å². The van der Waals surface area contributed by atoms with Crippen LogP contribution in [0.1, 0.15) is 34.3 Å². The van der Waals surface area contributed by atoms with Crippen LogP contribution in [-0.4, -0.2) is 48.0 Å². The predicted molar refractivity (Wildman–Crippen MR) is 119 cm³/mol. The van der Waals surface area contributed by atoms with Crippen LogP contribution in [0, 0.1) is 0 Å². The van der Waals surface area contributed by atoms with Crippen LogP contribution in [0.5, 0.6) is 0 Å². The van der Waals surface area contributed by atoms with Gasteiger partial charge in [-0.25, -0.2) is 9.78 Å². The molecule has 0 unspecified atom stereocenters. The first-order valence-electron chi connectivity index (χ1n) is 10.9. The third kappa shape index (κ3) is 3.98. The summed E-state index contributed by atoms with van der Waals surface area (Å²) in [7, 11) is 0. The Kier molecular flexibility index (Phi) is 5.28. The van der Waals surface area contributed by atoms with E-state index in [2.05, 4.69) is 11.0 Å². The summed E-state index contributed by atoms with van der Waals surface area (Å²) in [5.74, 6) is -0.00853. The zero-order chi connectivity index (χ0) is 21.2. The second-order valence-corrected chi connectivity index (χ2v) is 8.16. The average Bonchev–Trinajstić information content (AvgIpc) is 3.36. The molecule has 0 spiro atoms. The number of carbonyl (C=O) groups is 2. The molecule has 2 aliphatic heterocycles. The third-order valence-corrected chi connectivity index (χ3v) is 6.14. The number of aromatic nitrogens is 1. The minimum atomic E-state index is -0.495. The molecule has 3 heterocycles. The van der Waals surface area contributed by atoms with Gasteiger partial charge < -0.3 is 14.5 Å². The van der Waals surface area contributed by atoms with Crippen molar-refractivity contribution in [2.75, 3.05) is 31.1 Å². The van der Waals surface area contributed by atoms with Crippen molar-refractivity contribution in [3.05, 3.63) is 71.3 Å². The Morgan fingerprint density at radius 1 is 0.935 bits per heavy atom. The molecule has 0 bridgehead atoms. The first-order valence-corrected chi connectivity index (χ1v) is 10.9. The van der Waals surface area contributed by atoms with Gasteiger partial charge in [0.15, 0.2) is 6.61 Å². The molecule has 1 fully saturated rings. The standard InChI is InChI=1S/C25H25N3O3/c29-23(28-14-11-18-7-1-2-9-20(18)16-28)17-31-25(30)21-15-19-8-3-4-10-22(19)26-24(21)27-12-5-6-13-27/h1-4,7-10,15H,5-6,11-14,16-17H2. The van der Waals surface area contributed by atoms with E-state index in [0.717, 1.165) is 48.8 Å². The zero-order valence-electron chi connectivity index (χ0n) is 17.4. The lowest BCUT2D eigenvalue weighted by molar-refractivity contribution is -0.135. The van der Waals surface area contributed by atoms with Crippen LogP contribution in [0.3, 0.4) is 0 Å². The molecule has 1 aromatic heterocycles. The normalized spacial score (nSPS) is 15.7. The number of ether oxygens (including phenoxy) is 1. The first-order chi connectivity index (χ1) is 15.2. The Morgan fingerprint density at radius 2 is 1.68 bits per heavy atom. The molecule has 6 nitrogen and oxygen atoms in total. The molecule has 31 heavy (non-hydrogen) atoms. The van der Waals surface area contributed by atoms with Crippen molar-refractivity contribution in [1.82, 2.24) is 9.88 Å². The van der Waals surface area contributed by atoms with Crippen LogP contribution < -0.4 is 4.90 Å². The summed E-state index contributed by atoms with van der Waals surface area (Å²) in [5.41, 5.74) is 3.71. The third-order valence-electron chi connectivity index (χ3n) is 6.14. The Morgan fingerprint density at radius 3 is 2.52 bits per heavy atom. The zero-order valence-corrected chi connectivity index (χ0v) is 17.4. The van der Waals surface area contributed by atoms with E-state index < -0.39 is 5.97 Å². The number of rotatable bonds is 4. The lowest BCUT2D eigenvalue weighted by atomic mass is 10.00. The van der Waals surface area contributed by atoms with Gasteiger partial charge in [0, 0.05) is 31.6 Å². The average molecular weight is 415 g/mol. The van der Waals surface area contributed by atoms with E-state index in [1.807, 2.05) is 48.5 Å². The van der Waals surface area contributed by atoms with E-state index in [9.17, 15) is 9.59 Å². The van der Waals surface area contributed by atoms with Crippen LogP contribution in [0.2, 0.25) is 0 Å². The van der Waals surface area contributed by atoms with Crippen molar-refractivity contribution in [3.63, 3.8) is 0 Å². The summed E-state index contributed by atoms with van der Waals surface area (Å²) in [4.78, 5) is 34.4. The molecule has 0 radical (unpaired) electrons. The lowest BCUT2D eigenvalue weighted by Gasteiger charge is -2.28. The first kappa shape index (κ1) is 19.5. The Balaban J connectivity index is 1.32. The number of amides is 1. The monoisotopic (exact) mass is 415 g/mol. The van der Waals surface area contributed by atoms with Crippen LogP contribution in [0.15, 0.2) is 54.6 Å². The molecule has 3 aromatic rings. The van der Waals surface area contributed by atoms with Crippen LogP contribution in [0.4, 0.5) is 5.82 Å². The number of nitrogens with zero attached hydrogens (tertiary/aromatic N) is 3. The highest BCUT2D eigenvalue weighted by molar-refractivity contribution is 6.00. The molecule has 1 saturated heterocycles. The summed E-state index contributed by atoms with van der Waals surface area (Å²) < 4.78 is 5.48. The maximum absolute atomic E-state index is 13.0. The van der Waals surface area contributed by atoms with Gasteiger partial charge >= 0.3 is 5.97 Å². The molecule has 2 aliphatic rings. The second kappa shape index (κ2) is 8.38. The van der Waals surface area contributed by atoms with E-state index >= 15 is 0 Å². The molecule has 0 N–H and O–H groups in total. The fourth-order valence-corrected chi connectivity index (χ4v) is 4.43. The van der Waals surface area contributed by atoms with E-state index in [1.54, 1.807) is 4.90 Å². The van der Waals surface area contributed by atoms with Gasteiger partial charge in [-0.2, -0.15) is 0 Å². The Labute approximate surface area is 181 Å². The largest absolute Gasteiger partial charge is 0.452 e. The maximum Gasteiger partial charge on any atom is 0.342 e. The van der Waals surface area contributed by atoms with Gasteiger partial charge in [0.1, 0.15) is 11.4 Å². The maximum atomic E-state index is 13.0. The van der Waals surface area contributed by atoms with E-state index in [0.29, 0.717) is 24.5 Å². The van der Waals surface area contributed by atoms with Crippen molar-refractivity contribution in [3.8, 4) is 0 Å². The van der Waals surface area contributed by atoms with E-state index in [-0.39, 0.29) is 12.5 Å². The second-order valence-electron chi connectivity index (χ2n) is 8.16. The van der Waals surface area contributed by atoms with Gasteiger partial charge in [-0.1, -0.05) is 42.5 Å². The van der Waals surface area contributed by atoms with Crippen LogP contribution >= 0.6 is 0 Å². The Bertz CT molecular complexity index is 1140. The van der Waals surface area contributed by atoms with Crippen molar-refractivity contribution in [1.29, 1.82) is 0 Å². The number of anilines is 1. The number of para-hydroxylation sites is 1. The summed E-state index contributed by atoms with van der Waals surface area (Å²) in [6.07, 6.45) is 2.99. The summed E-state index contributed by atoms with van der Waals surface area (Å²) in [6.45, 7) is 2.69. The summed E-state index contributed by atoms with van der Waals surface area (Å²) in [5, 5.41) is 0.886. The molecule has 6 heteroatoms. The van der Waals surface area contributed by atoms with E-state index in [1.165, 1.54) is 5.56 Å². The number of pyridine rings is 1. The minimum absolute atomic E-state index is 0.167. The SMILES string of the molecule is O=C(OCC(=O)N1CCc2ccccc2C1)c1cc2ccccc2nc1N1CCCC1. The van der Waals surface area contributed by atoms with Gasteiger partial charge in [-0.15, -0.1) is 0 Å². The molecule has 2 aromatic carbocycles. The molecule has 158 valence electrons. The Hall–Kier alpha value is -3.41. The fourth-order valence-electron chi connectivity index (χ4n) is 4.43. The quantitative estimate of drug-likeness (QED) is 0.610.